The molecule has 2 aromatic carbocycles. The molecule has 4 aromatic rings. The van der Waals surface area contributed by atoms with Gasteiger partial charge < -0.3 is 27.5 Å². The Balaban J connectivity index is 0.00000162. The van der Waals surface area contributed by atoms with E-state index in [4.69, 9.17) is 28.8 Å². The topological polar surface area (TPSA) is 153 Å². The van der Waals surface area contributed by atoms with E-state index in [9.17, 15) is 4.79 Å². The molecule has 0 radical (unpaired) electrons. The molecule has 4 rings (SSSR count). The Morgan fingerprint density at radius 1 is 1.19 bits per heavy atom. The van der Waals surface area contributed by atoms with Crippen molar-refractivity contribution in [3.63, 3.8) is 0 Å². The summed E-state index contributed by atoms with van der Waals surface area (Å²) in [6, 6.07) is 13.4. The zero-order chi connectivity index (χ0) is 31.4. The number of nitrogens with zero attached hydrogens (tertiary/aromatic N) is 3. The van der Waals surface area contributed by atoms with Gasteiger partial charge in [-0.2, -0.15) is 4.98 Å². The van der Waals surface area contributed by atoms with Crippen LogP contribution < -0.4 is 28.2 Å². The zero-order valence-electron chi connectivity index (χ0n) is 25.2. The molecule has 2 unspecified atom stereocenters. The molecule has 0 amide bonds. The molecule has 0 spiro atoms. The first-order valence-corrected chi connectivity index (χ1v) is 15.2. The van der Waals surface area contributed by atoms with E-state index in [0.29, 0.717) is 34.5 Å². The third kappa shape index (κ3) is 9.46. The van der Waals surface area contributed by atoms with Gasteiger partial charge in [0.25, 0.3) is 0 Å². The minimum absolute atomic E-state index is 0.0579. The molecular weight excluding hydrogens is 567 g/mol. The number of aliphatic imine (C=N–C) groups is 1. The van der Waals surface area contributed by atoms with Gasteiger partial charge in [0.05, 0.1) is 29.3 Å². The van der Waals surface area contributed by atoms with Crippen molar-refractivity contribution >= 4 is 29.0 Å². The van der Waals surface area contributed by atoms with E-state index < -0.39 is 11.5 Å². The van der Waals surface area contributed by atoms with E-state index >= 15 is 4.39 Å². The Labute approximate surface area is 257 Å². The molecule has 0 fully saturated rings. The summed E-state index contributed by atoms with van der Waals surface area (Å²) in [5.41, 5.74) is 19.6. The maximum atomic E-state index is 15.1. The van der Waals surface area contributed by atoms with Gasteiger partial charge in [0, 0.05) is 35.8 Å². The monoisotopic (exact) mass is 610 g/mol. The standard InChI is InChI=1S/C30H37ClFN7O.C2H7N/c1-3-5-26(36-13-12-35-18-33)21-8-10-23(11-9-21)39-17-22-16-27(37-29(22)38-30(39)40)24-14-20(7-4-6-19(2)34)15-25(31)28(24)32;1-2-3/h8-11,14-19,26,36H,3-7,12-13,34H2,1-2H3,(H2,33,35)(H,37,38,40);2-3H2,1H3. The summed E-state index contributed by atoms with van der Waals surface area (Å²) in [5, 5.41) is 4.25. The number of H-pyrrole nitrogens is 1. The molecule has 8 N–H and O–H groups in total. The summed E-state index contributed by atoms with van der Waals surface area (Å²) in [5.74, 6) is -0.514. The van der Waals surface area contributed by atoms with Crippen LogP contribution >= 0.6 is 11.6 Å². The number of aromatic nitrogens is 3. The lowest BCUT2D eigenvalue weighted by atomic mass is 10.0. The van der Waals surface area contributed by atoms with Crippen molar-refractivity contribution < 1.29 is 4.39 Å². The molecule has 0 aliphatic carbocycles. The van der Waals surface area contributed by atoms with Crippen LogP contribution in [-0.2, 0) is 6.42 Å². The highest BCUT2D eigenvalue weighted by atomic mass is 35.5. The van der Waals surface area contributed by atoms with Crippen molar-refractivity contribution in [2.75, 3.05) is 19.6 Å². The van der Waals surface area contributed by atoms with E-state index in [2.05, 4.69) is 27.2 Å². The van der Waals surface area contributed by atoms with Crippen molar-refractivity contribution in [1.82, 2.24) is 19.9 Å². The maximum absolute atomic E-state index is 15.1. The van der Waals surface area contributed by atoms with Gasteiger partial charge in [-0.05, 0) is 80.6 Å². The third-order valence-electron chi connectivity index (χ3n) is 6.90. The summed E-state index contributed by atoms with van der Waals surface area (Å²) >= 11 is 6.24. The Morgan fingerprint density at radius 3 is 2.56 bits per heavy atom. The highest BCUT2D eigenvalue weighted by molar-refractivity contribution is 6.31. The van der Waals surface area contributed by atoms with Gasteiger partial charge >= 0.3 is 5.69 Å². The van der Waals surface area contributed by atoms with Gasteiger partial charge in [0.2, 0.25) is 0 Å². The van der Waals surface area contributed by atoms with Crippen LogP contribution in [0, 0.1) is 5.82 Å². The summed E-state index contributed by atoms with van der Waals surface area (Å²) < 4.78 is 16.6. The number of aryl methyl sites for hydroxylation is 1. The van der Waals surface area contributed by atoms with Crippen LogP contribution in [0.5, 0.6) is 0 Å². The average molecular weight is 611 g/mol. The number of nitrogens with one attached hydrogen (secondary N) is 2. The number of halogens is 2. The second-order valence-corrected chi connectivity index (χ2v) is 10.9. The molecular formula is C32H44ClFN8O. The van der Waals surface area contributed by atoms with E-state index in [1.807, 2.05) is 38.1 Å². The number of nitrogens with two attached hydrogens (primary N) is 3. The molecule has 0 saturated heterocycles. The van der Waals surface area contributed by atoms with E-state index in [-0.39, 0.29) is 17.1 Å². The number of hydrogen-bond acceptors (Lipinski definition) is 6. The van der Waals surface area contributed by atoms with Crippen molar-refractivity contribution in [2.45, 2.75) is 65.0 Å². The van der Waals surface area contributed by atoms with Crippen molar-refractivity contribution in [3.8, 4) is 16.9 Å². The lowest BCUT2D eigenvalue weighted by molar-refractivity contribution is 0.501. The zero-order valence-corrected chi connectivity index (χ0v) is 26.0. The Bertz CT molecular complexity index is 1530. The van der Waals surface area contributed by atoms with Gasteiger partial charge in [0.1, 0.15) is 5.65 Å². The third-order valence-corrected chi connectivity index (χ3v) is 7.17. The van der Waals surface area contributed by atoms with Crippen LogP contribution in [0.3, 0.4) is 0 Å². The quantitative estimate of drug-likeness (QED) is 0.0794. The minimum Gasteiger partial charge on any atom is -0.390 e. The van der Waals surface area contributed by atoms with Crippen molar-refractivity contribution in [1.29, 1.82) is 0 Å². The highest BCUT2D eigenvalue weighted by Gasteiger charge is 2.16. The molecule has 11 heteroatoms. The summed E-state index contributed by atoms with van der Waals surface area (Å²) in [4.78, 5) is 24.3. The maximum Gasteiger partial charge on any atom is 0.354 e. The van der Waals surface area contributed by atoms with E-state index in [0.717, 1.165) is 56.3 Å². The number of hydrogen-bond donors (Lipinski definition) is 5. The molecule has 0 saturated carbocycles. The molecule has 0 bridgehead atoms. The normalized spacial score (nSPS) is 12.8. The van der Waals surface area contributed by atoms with E-state index in [1.165, 1.54) is 10.9 Å². The van der Waals surface area contributed by atoms with Crippen LogP contribution in [0.25, 0.3) is 28.0 Å². The molecule has 9 nitrogen and oxygen atoms in total. The van der Waals surface area contributed by atoms with Gasteiger partial charge in [-0.1, -0.05) is 44.0 Å². The molecule has 43 heavy (non-hydrogen) atoms. The van der Waals surface area contributed by atoms with Crippen LogP contribution in [0.4, 0.5) is 4.39 Å². The number of fused-ring (bicyclic) bond motifs is 1. The van der Waals surface area contributed by atoms with Gasteiger partial charge in [-0.15, -0.1) is 0 Å². The molecule has 232 valence electrons. The first-order valence-electron chi connectivity index (χ1n) is 14.8. The largest absolute Gasteiger partial charge is 0.390 e. The second kappa shape index (κ2) is 16.9. The van der Waals surface area contributed by atoms with Crippen LogP contribution in [0.15, 0.2) is 58.4 Å². The molecule has 0 aliphatic rings. The molecule has 2 atom stereocenters. The van der Waals surface area contributed by atoms with Crippen LogP contribution in [0.1, 0.15) is 63.6 Å². The number of benzene rings is 2. The van der Waals surface area contributed by atoms with Crippen LogP contribution in [0.2, 0.25) is 5.02 Å². The van der Waals surface area contributed by atoms with Crippen molar-refractivity contribution in [3.05, 3.63) is 81.1 Å². The van der Waals surface area contributed by atoms with E-state index in [1.54, 1.807) is 24.4 Å². The molecule has 2 heterocycles. The fraction of sp³-hybridized carbons (Fsp3) is 0.406. The predicted octanol–water partition coefficient (Wildman–Crippen LogP) is 5.23. The minimum atomic E-state index is -0.514. The fourth-order valence-electron chi connectivity index (χ4n) is 4.86. The number of aromatic amines is 1. The fourth-order valence-corrected chi connectivity index (χ4v) is 5.10. The van der Waals surface area contributed by atoms with Crippen molar-refractivity contribution in [2.24, 2.45) is 22.2 Å². The van der Waals surface area contributed by atoms with Gasteiger partial charge in [-0.3, -0.25) is 9.56 Å². The first kappa shape index (κ1) is 33.9. The first-order chi connectivity index (χ1) is 20.7. The summed E-state index contributed by atoms with van der Waals surface area (Å²) in [6.45, 7) is 8.10. The lowest BCUT2D eigenvalue weighted by Gasteiger charge is -2.18. The average Bonchev–Trinajstić information content (AvgIpc) is 3.39. The van der Waals surface area contributed by atoms with Gasteiger partial charge in [0.15, 0.2) is 5.82 Å². The Kier molecular flexibility index (Phi) is 13.3. The van der Waals surface area contributed by atoms with Crippen LogP contribution in [-0.4, -0.2) is 46.5 Å². The highest BCUT2D eigenvalue weighted by Crippen LogP contribution is 2.31. The molecule has 0 aliphatic heterocycles. The van der Waals surface area contributed by atoms with Gasteiger partial charge in [-0.25, -0.2) is 9.18 Å². The molecule has 2 aromatic heterocycles. The Hall–Kier alpha value is -3.57. The summed E-state index contributed by atoms with van der Waals surface area (Å²) in [7, 11) is 0. The number of rotatable bonds is 13. The predicted molar refractivity (Wildman–Crippen MR) is 177 cm³/mol. The second-order valence-electron chi connectivity index (χ2n) is 10.5. The SMILES string of the molecule is CCCC(NCCN=CN)c1ccc(-n2cc3cc(-c4cc(CCCC(C)N)cc(Cl)c4F)[nH]c3nc2=O)cc1.CCN. The smallest absolute Gasteiger partial charge is 0.354 e. The summed E-state index contributed by atoms with van der Waals surface area (Å²) in [6.07, 6.45) is 7.52. The lowest BCUT2D eigenvalue weighted by Crippen LogP contribution is -2.24. The Morgan fingerprint density at radius 2 is 1.91 bits per heavy atom.